The summed E-state index contributed by atoms with van der Waals surface area (Å²) >= 11 is 0. The predicted molar refractivity (Wildman–Crippen MR) is 86.8 cm³/mol. The van der Waals surface area contributed by atoms with Crippen molar-refractivity contribution in [3.05, 3.63) is 36.0 Å². The lowest BCUT2D eigenvalue weighted by atomic mass is 10.2. The molecule has 4 heteroatoms. The highest BCUT2D eigenvalue weighted by atomic mass is 16.5. The van der Waals surface area contributed by atoms with Gasteiger partial charge in [-0.2, -0.15) is 0 Å². The van der Waals surface area contributed by atoms with E-state index in [0.29, 0.717) is 0 Å². The quantitative estimate of drug-likeness (QED) is 0.873. The van der Waals surface area contributed by atoms with E-state index in [1.807, 2.05) is 51.2 Å². The summed E-state index contributed by atoms with van der Waals surface area (Å²) in [5.41, 5.74) is 2.06. The van der Waals surface area contributed by atoms with Crippen molar-refractivity contribution in [2.24, 2.45) is 0 Å². The average Bonchev–Trinajstić information content (AvgIpc) is 2.47. The second kappa shape index (κ2) is 7.07. The summed E-state index contributed by atoms with van der Waals surface area (Å²) in [5.74, 6) is 2.47. The number of aryl methyl sites for hydroxylation is 1. The molecule has 0 bridgehead atoms. The Morgan fingerprint density at radius 3 is 2.43 bits per heavy atom. The number of aromatic nitrogens is 2. The fourth-order valence-electron chi connectivity index (χ4n) is 2.09. The van der Waals surface area contributed by atoms with Crippen LogP contribution in [-0.2, 0) is 6.42 Å². The lowest BCUT2D eigenvalue weighted by Crippen LogP contribution is -2.05. The largest absolute Gasteiger partial charge is 0.491 e. The van der Waals surface area contributed by atoms with E-state index in [2.05, 4.69) is 22.2 Å². The number of hydrogen-bond donors (Lipinski definition) is 1. The standard InChI is InChI=1S/C17H23N3O/c1-5-6-14-11-16(18-4)20-17(19-14)13-7-9-15(10-8-13)21-12(2)3/h7-12H,5-6H2,1-4H3,(H,18,19,20). The van der Waals surface area contributed by atoms with Crippen LogP contribution in [0.25, 0.3) is 11.4 Å². The molecule has 0 saturated carbocycles. The van der Waals surface area contributed by atoms with Crippen LogP contribution in [0.15, 0.2) is 30.3 Å². The highest BCUT2D eigenvalue weighted by Gasteiger charge is 2.07. The first-order valence-corrected chi connectivity index (χ1v) is 7.45. The van der Waals surface area contributed by atoms with Crippen molar-refractivity contribution in [2.45, 2.75) is 39.7 Å². The van der Waals surface area contributed by atoms with Gasteiger partial charge in [0.05, 0.1) is 6.10 Å². The molecule has 1 aromatic heterocycles. The van der Waals surface area contributed by atoms with Crippen molar-refractivity contribution < 1.29 is 4.74 Å². The molecule has 0 unspecified atom stereocenters. The summed E-state index contributed by atoms with van der Waals surface area (Å²) in [7, 11) is 1.88. The van der Waals surface area contributed by atoms with Gasteiger partial charge in [0.1, 0.15) is 11.6 Å². The van der Waals surface area contributed by atoms with Crippen LogP contribution in [0.3, 0.4) is 0 Å². The number of anilines is 1. The molecule has 0 aliphatic heterocycles. The van der Waals surface area contributed by atoms with E-state index in [0.717, 1.165) is 41.5 Å². The van der Waals surface area contributed by atoms with Crippen LogP contribution in [0, 0.1) is 0 Å². The summed E-state index contributed by atoms with van der Waals surface area (Å²) in [6.07, 6.45) is 2.20. The van der Waals surface area contributed by atoms with E-state index in [1.54, 1.807) is 0 Å². The van der Waals surface area contributed by atoms with Crippen LogP contribution < -0.4 is 10.1 Å². The van der Waals surface area contributed by atoms with Crippen molar-refractivity contribution in [1.82, 2.24) is 9.97 Å². The molecule has 21 heavy (non-hydrogen) atoms. The third-order valence-corrected chi connectivity index (χ3v) is 3.03. The van der Waals surface area contributed by atoms with Gasteiger partial charge in [-0.25, -0.2) is 9.97 Å². The molecular weight excluding hydrogens is 262 g/mol. The fourth-order valence-corrected chi connectivity index (χ4v) is 2.09. The van der Waals surface area contributed by atoms with E-state index >= 15 is 0 Å². The summed E-state index contributed by atoms with van der Waals surface area (Å²) in [4.78, 5) is 9.17. The minimum Gasteiger partial charge on any atom is -0.491 e. The maximum absolute atomic E-state index is 5.66. The minimum atomic E-state index is 0.177. The van der Waals surface area contributed by atoms with Crippen LogP contribution in [-0.4, -0.2) is 23.1 Å². The summed E-state index contributed by atoms with van der Waals surface area (Å²) in [6.45, 7) is 6.19. The van der Waals surface area contributed by atoms with Gasteiger partial charge in [0, 0.05) is 24.4 Å². The number of benzene rings is 1. The van der Waals surface area contributed by atoms with Crippen LogP contribution >= 0.6 is 0 Å². The highest BCUT2D eigenvalue weighted by Crippen LogP contribution is 2.22. The number of hydrogen-bond acceptors (Lipinski definition) is 4. The second-order valence-electron chi connectivity index (χ2n) is 5.26. The van der Waals surface area contributed by atoms with Gasteiger partial charge in [-0.1, -0.05) is 13.3 Å². The molecule has 0 radical (unpaired) electrons. The molecule has 4 nitrogen and oxygen atoms in total. The van der Waals surface area contributed by atoms with E-state index in [9.17, 15) is 0 Å². The van der Waals surface area contributed by atoms with Crippen molar-refractivity contribution in [2.75, 3.05) is 12.4 Å². The molecule has 112 valence electrons. The molecule has 1 heterocycles. The van der Waals surface area contributed by atoms with Gasteiger partial charge < -0.3 is 10.1 Å². The zero-order chi connectivity index (χ0) is 15.2. The van der Waals surface area contributed by atoms with Crippen LogP contribution in [0.1, 0.15) is 32.9 Å². The number of ether oxygens (including phenoxy) is 1. The first kappa shape index (κ1) is 15.3. The van der Waals surface area contributed by atoms with E-state index in [-0.39, 0.29) is 6.10 Å². The van der Waals surface area contributed by atoms with Crippen LogP contribution in [0.2, 0.25) is 0 Å². The van der Waals surface area contributed by atoms with E-state index in [4.69, 9.17) is 4.74 Å². The maximum atomic E-state index is 5.66. The molecule has 0 aliphatic rings. The van der Waals surface area contributed by atoms with Crippen LogP contribution in [0.4, 0.5) is 5.82 Å². The van der Waals surface area contributed by atoms with Gasteiger partial charge in [0.15, 0.2) is 5.82 Å². The normalized spacial score (nSPS) is 10.7. The van der Waals surface area contributed by atoms with Gasteiger partial charge in [-0.15, -0.1) is 0 Å². The minimum absolute atomic E-state index is 0.177. The summed E-state index contributed by atoms with van der Waals surface area (Å²) in [6, 6.07) is 9.93. The Labute approximate surface area is 126 Å². The third-order valence-electron chi connectivity index (χ3n) is 3.03. The molecule has 0 spiro atoms. The third kappa shape index (κ3) is 4.18. The maximum Gasteiger partial charge on any atom is 0.161 e. The zero-order valence-corrected chi connectivity index (χ0v) is 13.2. The summed E-state index contributed by atoms with van der Waals surface area (Å²) < 4.78 is 5.66. The fraction of sp³-hybridized carbons (Fsp3) is 0.412. The van der Waals surface area contributed by atoms with E-state index < -0.39 is 0 Å². The molecule has 0 amide bonds. The topological polar surface area (TPSA) is 47.0 Å². The molecule has 1 N–H and O–H groups in total. The second-order valence-corrected chi connectivity index (χ2v) is 5.26. The molecule has 0 saturated heterocycles. The smallest absolute Gasteiger partial charge is 0.161 e. The number of rotatable bonds is 6. The van der Waals surface area contributed by atoms with Gasteiger partial charge >= 0.3 is 0 Å². The Hall–Kier alpha value is -2.10. The Morgan fingerprint density at radius 1 is 1.14 bits per heavy atom. The Bertz CT molecular complexity index is 579. The van der Waals surface area contributed by atoms with Crippen molar-refractivity contribution in [3.8, 4) is 17.1 Å². The lowest BCUT2D eigenvalue weighted by molar-refractivity contribution is 0.242. The van der Waals surface area contributed by atoms with Crippen molar-refractivity contribution in [1.29, 1.82) is 0 Å². The van der Waals surface area contributed by atoms with Crippen molar-refractivity contribution >= 4 is 5.82 Å². The van der Waals surface area contributed by atoms with Gasteiger partial charge in [-0.05, 0) is 44.5 Å². The number of nitrogens with one attached hydrogen (secondary N) is 1. The Kier molecular flexibility index (Phi) is 5.14. The summed E-state index contributed by atoms with van der Waals surface area (Å²) in [5, 5.41) is 3.10. The van der Waals surface area contributed by atoms with Crippen molar-refractivity contribution in [3.63, 3.8) is 0 Å². The Balaban J connectivity index is 2.29. The lowest BCUT2D eigenvalue weighted by Gasteiger charge is -2.11. The zero-order valence-electron chi connectivity index (χ0n) is 13.2. The van der Waals surface area contributed by atoms with E-state index in [1.165, 1.54) is 0 Å². The molecule has 0 atom stereocenters. The van der Waals surface area contributed by atoms with Gasteiger partial charge in [-0.3, -0.25) is 0 Å². The van der Waals surface area contributed by atoms with Crippen LogP contribution in [0.5, 0.6) is 5.75 Å². The molecule has 0 fully saturated rings. The molecular formula is C17H23N3O. The average molecular weight is 285 g/mol. The molecule has 2 rings (SSSR count). The number of nitrogens with zero attached hydrogens (tertiary/aromatic N) is 2. The predicted octanol–water partition coefficient (Wildman–Crippen LogP) is 3.93. The Morgan fingerprint density at radius 2 is 1.86 bits per heavy atom. The monoisotopic (exact) mass is 285 g/mol. The SMILES string of the molecule is CCCc1cc(NC)nc(-c2ccc(OC(C)C)cc2)n1. The highest BCUT2D eigenvalue weighted by molar-refractivity contribution is 5.58. The molecule has 2 aromatic rings. The molecule has 1 aromatic carbocycles. The first-order valence-electron chi connectivity index (χ1n) is 7.45. The first-order chi connectivity index (χ1) is 10.1. The molecule has 0 aliphatic carbocycles. The van der Waals surface area contributed by atoms with Gasteiger partial charge in [0.2, 0.25) is 0 Å². The van der Waals surface area contributed by atoms with Gasteiger partial charge in [0.25, 0.3) is 0 Å².